The van der Waals surface area contributed by atoms with Gasteiger partial charge in [-0.05, 0) is 63.8 Å². The van der Waals surface area contributed by atoms with E-state index in [9.17, 15) is 9.90 Å². The molecule has 160 valence electrons. The number of phenolic OH excluding ortho intramolecular Hbond substituents is 1. The van der Waals surface area contributed by atoms with Gasteiger partial charge in [0, 0.05) is 0 Å². The Morgan fingerprint density at radius 2 is 1.29 bits per heavy atom. The molecule has 2 nitrogen and oxygen atoms in total. The summed E-state index contributed by atoms with van der Waals surface area (Å²) in [4.78, 5) is 11.9. The Morgan fingerprint density at radius 3 is 1.54 bits per heavy atom. The van der Waals surface area contributed by atoms with Gasteiger partial charge in [-0.1, -0.05) is 87.3 Å². The first-order valence-electron chi connectivity index (χ1n) is 10.8. The van der Waals surface area contributed by atoms with E-state index < -0.39 is 0 Å². The number of carbonyl (C=O) groups excluding carboxylic acids is 1. The lowest BCUT2D eigenvalue weighted by Crippen LogP contribution is -2.22. The molecule has 0 radical (unpaired) electrons. The van der Waals surface area contributed by atoms with Gasteiger partial charge in [0.15, 0.2) is 0 Å². The number of rotatable bonds is 8. The molecule has 1 rings (SSSR count). The van der Waals surface area contributed by atoms with Crippen LogP contribution in [0.3, 0.4) is 0 Å². The van der Waals surface area contributed by atoms with Gasteiger partial charge in [-0.3, -0.25) is 4.79 Å². The zero-order chi connectivity index (χ0) is 21.9. The molecule has 0 aliphatic heterocycles. The summed E-state index contributed by atoms with van der Waals surface area (Å²) in [5, 5.41) is 11.1. The van der Waals surface area contributed by atoms with E-state index in [0.29, 0.717) is 5.75 Å². The Hall–Kier alpha value is -1.02. The molecule has 0 heterocycles. The number of halogens is 1. The molecule has 0 aromatic heterocycles. The summed E-state index contributed by atoms with van der Waals surface area (Å²) in [6.07, 6.45) is 4.08. The van der Waals surface area contributed by atoms with Crippen LogP contribution >= 0.6 is 11.6 Å². The van der Waals surface area contributed by atoms with Crippen LogP contribution in [-0.4, -0.2) is 10.3 Å². The van der Waals surface area contributed by atoms with Crippen molar-refractivity contribution in [3.8, 4) is 5.75 Å². The van der Waals surface area contributed by atoms with Crippen LogP contribution in [0.4, 0.5) is 0 Å². The summed E-state index contributed by atoms with van der Waals surface area (Å²) in [5.74, 6) is 0.469. The fourth-order valence-electron chi connectivity index (χ4n) is 4.30. The lowest BCUT2D eigenvalue weighted by Gasteiger charge is -2.36. The predicted molar refractivity (Wildman–Crippen MR) is 122 cm³/mol. The standard InChI is InChI=1S/C25H41ClO2/c1-10-12-20(24(4,5)6)18-14-17(16(3)23(26)28)15-19(22(18)27)21(13-11-2)25(7,8)9/h14-16,20-21,27H,10-13H2,1-9H3. The van der Waals surface area contributed by atoms with E-state index in [1.807, 2.05) is 19.1 Å². The van der Waals surface area contributed by atoms with Gasteiger partial charge in [0.05, 0.1) is 5.92 Å². The first kappa shape index (κ1) is 25.0. The Labute approximate surface area is 178 Å². The van der Waals surface area contributed by atoms with Crippen molar-refractivity contribution >= 4 is 16.8 Å². The number of aromatic hydroxyl groups is 1. The molecule has 3 unspecified atom stereocenters. The molecule has 3 atom stereocenters. The van der Waals surface area contributed by atoms with Gasteiger partial charge < -0.3 is 5.11 Å². The van der Waals surface area contributed by atoms with Gasteiger partial charge in [-0.25, -0.2) is 0 Å². The highest BCUT2D eigenvalue weighted by atomic mass is 35.5. The Morgan fingerprint density at radius 1 is 0.929 bits per heavy atom. The van der Waals surface area contributed by atoms with E-state index in [0.717, 1.165) is 42.4 Å². The highest BCUT2D eigenvalue weighted by molar-refractivity contribution is 6.64. The van der Waals surface area contributed by atoms with E-state index in [1.54, 1.807) is 0 Å². The molecule has 0 amide bonds. The molecule has 0 saturated carbocycles. The SMILES string of the molecule is CCCC(c1cc(C(C)C(=O)Cl)cc(C(CCC)C(C)(C)C)c1O)C(C)(C)C. The summed E-state index contributed by atoms with van der Waals surface area (Å²) in [7, 11) is 0. The van der Waals surface area contributed by atoms with Gasteiger partial charge in [-0.2, -0.15) is 0 Å². The minimum Gasteiger partial charge on any atom is -0.507 e. The van der Waals surface area contributed by atoms with Gasteiger partial charge >= 0.3 is 0 Å². The lowest BCUT2D eigenvalue weighted by molar-refractivity contribution is -0.112. The van der Waals surface area contributed by atoms with Crippen molar-refractivity contribution in [2.45, 2.75) is 106 Å². The number of hydrogen-bond acceptors (Lipinski definition) is 2. The maximum absolute atomic E-state index is 11.9. The fourth-order valence-corrected chi connectivity index (χ4v) is 4.43. The van der Waals surface area contributed by atoms with Gasteiger partial charge in [-0.15, -0.1) is 0 Å². The third kappa shape index (κ3) is 5.99. The van der Waals surface area contributed by atoms with Crippen molar-refractivity contribution < 1.29 is 9.90 Å². The number of benzene rings is 1. The molecule has 0 spiro atoms. The minimum atomic E-state index is -0.385. The second-order valence-electron chi connectivity index (χ2n) is 10.5. The van der Waals surface area contributed by atoms with Crippen molar-refractivity contribution in [1.29, 1.82) is 0 Å². The third-order valence-corrected chi connectivity index (χ3v) is 6.36. The molecule has 1 N–H and O–H groups in total. The fraction of sp³-hybridized carbons (Fsp3) is 0.720. The van der Waals surface area contributed by atoms with Crippen molar-refractivity contribution in [3.05, 3.63) is 28.8 Å². The average Bonchev–Trinajstić information content (AvgIpc) is 2.55. The Balaban J connectivity index is 3.80. The number of carbonyl (C=O) groups is 1. The van der Waals surface area contributed by atoms with Crippen LogP contribution < -0.4 is 0 Å². The molecule has 1 aromatic carbocycles. The molecule has 28 heavy (non-hydrogen) atoms. The lowest BCUT2D eigenvalue weighted by atomic mass is 9.69. The summed E-state index contributed by atoms with van der Waals surface area (Å²) in [6.45, 7) is 19.6. The first-order valence-corrected chi connectivity index (χ1v) is 11.2. The molecule has 0 fully saturated rings. The molecule has 0 aliphatic carbocycles. The minimum absolute atomic E-state index is 0.0135. The Kier molecular flexibility index (Phi) is 8.62. The maximum Gasteiger partial charge on any atom is 0.228 e. The normalized spacial score (nSPS) is 15.9. The van der Waals surface area contributed by atoms with Crippen LogP contribution in [0.25, 0.3) is 0 Å². The maximum atomic E-state index is 11.9. The Bertz CT molecular complexity index is 619. The van der Waals surface area contributed by atoms with Crippen molar-refractivity contribution in [2.24, 2.45) is 10.8 Å². The zero-order valence-corrected chi connectivity index (χ0v) is 20.2. The second kappa shape index (κ2) is 9.65. The smallest absolute Gasteiger partial charge is 0.228 e. The monoisotopic (exact) mass is 408 g/mol. The van der Waals surface area contributed by atoms with Crippen LogP contribution in [0.1, 0.15) is 122 Å². The third-order valence-electron chi connectivity index (χ3n) is 6.03. The van der Waals surface area contributed by atoms with Crippen LogP contribution in [0, 0.1) is 10.8 Å². The highest BCUT2D eigenvalue weighted by Crippen LogP contribution is 2.49. The van der Waals surface area contributed by atoms with Gasteiger partial charge in [0.25, 0.3) is 0 Å². The number of phenols is 1. The van der Waals surface area contributed by atoms with Crippen LogP contribution in [0.2, 0.25) is 0 Å². The predicted octanol–water partition coefficient (Wildman–Crippen LogP) is 8.12. The van der Waals surface area contributed by atoms with E-state index in [4.69, 9.17) is 11.6 Å². The molecule has 0 saturated heterocycles. The topological polar surface area (TPSA) is 37.3 Å². The molecular weight excluding hydrogens is 368 g/mol. The van der Waals surface area contributed by atoms with E-state index in [2.05, 4.69) is 55.4 Å². The van der Waals surface area contributed by atoms with Gasteiger partial charge in [0.2, 0.25) is 5.24 Å². The largest absolute Gasteiger partial charge is 0.507 e. The molecular formula is C25H41ClO2. The molecule has 3 heteroatoms. The van der Waals surface area contributed by atoms with Crippen molar-refractivity contribution in [1.82, 2.24) is 0 Å². The van der Waals surface area contributed by atoms with Crippen LogP contribution in [-0.2, 0) is 4.79 Å². The summed E-state index contributed by atoms with van der Waals surface area (Å²) < 4.78 is 0. The first-order chi connectivity index (χ1) is 12.8. The highest BCUT2D eigenvalue weighted by Gasteiger charge is 2.34. The van der Waals surface area contributed by atoms with Crippen LogP contribution in [0.5, 0.6) is 5.75 Å². The van der Waals surface area contributed by atoms with Crippen molar-refractivity contribution in [3.63, 3.8) is 0 Å². The summed E-state index contributed by atoms with van der Waals surface area (Å²) in [5.41, 5.74) is 2.88. The quantitative estimate of drug-likeness (QED) is 0.441. The molecule has 0 bridgehead atoms. The van der Waals surface area contributed by atoms with Gasteiger partial charge in [0.1, 0.15) is 5.75 Å². The average molecular weight is 409 g/mol. The van der Waals surface area contributed by atoms with E-state index in [1.165, 1.54) is 0 Å². The summed E-state index contributed by atoms with van der Waals surface area (Å²) in [6, 6.07) is 4.06. The number of hydrogen-bond donors (Lipinski definition) is 1. The van der Waals surface area contributed by atoms with Crippen molar-refractivity contribution in [2.75, 3.05) is 0 Å². The summed E-state index contributed by atoms with van der Waals surface area (Å²) >= 11 is 5.87. The van der Waals surface area contributed by atoms with E-state index in [-0.39, 0.29) is 33.8 Å². The van der Waals surface area contributed by atoms with E-state index >= 15 is 0 Å². The molecule has 0 aliphatic rings. The zero-order valence-electron chi connectivity index (χ0n) is 19.4. The second-order valence-corrected chi connectivity index (χ2v) is 10.9. The molecule has 1 aromatic rings. The van der Waals surface area contributed by atoms with Crippen LogP contribution in [0.15, 0.2) is 12.1 Å².